The van der Waals surface area contributed by atoms with E-state index >= 15 is 0 Å². The Morgan fingerprint density at radius 1 is 1.11 bits per heavy atom. The van der Waals surface area contributed by atoms with Gasteiger partial charge in [-0.2, -0.15) is 0 Å². The molecule has 3 aromatic rings. The molecule has 0 N–H and O–H groups in total. The third-order valence-electron chi connectivity index (χ3n) is 4.22. The van der Waals surface area contributed by atoms with Crippen molar-refractivity contribution in [3.63, 3.8) is 0 Å². The van der Waals surface area contributed by atoms with E-state index in [4.69, 9.17) is 16.3 Å². The third-order valence-corrected chi connectivity index (χ3v) is 5.56. The Hall–Kier alpha value is -2.05. The molecule has 142 valence electrons. The fraction of sp³-hybridized carbons (Fsp3) is 0.300. The van der Waals surface area contributed by atoms with E-state index in [-0.39, 0.29) is 5.82 Å². The van der Waals surface area contributed by atoms with Crippen LogP contribution >= 0.6 is 23.4 Å². The number of halogens is 2. The first kappa shape index (κ1) is 19.7. The van der Waals surface area contributed by atoms with Gasteiger partial charge in [0.1, 0.15) is 18.2 Å². The topological polar surface area (TPSA) is 39.9 Å². The largest absolute Gasteiger partial charge is 0.486 e. The first-order valence-corrected chi connectivity index (χ1v) is 10.2. The second kappa shape index (κ2) is 9.24. The second-order valence-corrected chi connectivity index (χ2v) is 7.27. The van der Waals surface area contributed by atoms with Gasteiger partial charge in [0.25, 0.3) is 0 Å². The average Bonchev–Trinajstić information content (AvgIpc) is 3.08. The van der Waals surface area contributed by atoms with Crippen molar-refractivity contribution < 1.29 is 9.13 Å². The van der Waals surface area contributed by atoms with Gasteiger partial charge in [-0.15, -0.1) is 10.2 Å². The Labute approximate surface area is 167 Å². The highest BCUT2D eigenvalue weighted by Gasteiger charge is 2.14. The summed E-state index contributed by atoms with van der Waals surface area (Å²) in [5, 5.41) is 9.60. The van der Waals surface area contributed by atoms with Crippen molar-refractivity contribution in [2.24, 2.45) is 0 Å². The molecule has 4 nitrogen and oxygen atoms in total. The predicted octanol–water partition coefficient (Wildman–Crippen LogP) is 5.52. The molecule has 0 saturated heterocycles. The molecule has 27 heavy (non-hydrogen) atoms. The molecule has 0 aliphatic rings. The standard InChI is InChI=1S/C20H21ClFN3OS/c1-3-14-8-10-15(11-9-14)26-12-19-23-24-20(25(19)4-2)27-13-16-17(21)6-5-7-18(16)22/h5-11H,3-4,12-13H2,1-2H3. The van der Waals surface area contributed by atoms with Crippen molar-refractivity contribution in [1.29, 1.82) is 0 Å². The summed E-state index contributed by atoms with van der Waals surface area (Å²) >= 11 is 7.51. The van der Waals surface area contributed by atoms with Crippen molar-refractivity contribution in [3.05, 3.63) is 70.3 Å². The van der Waals surface area contributed by atoms with E-state index in [9.17, 15) is 4.39 Å². The Kier molecular flexibility index (Phi) is 6.74. The minimum Gasteiger partial charge on any atom is -0.486 e. The maximum atomic E-state index is 13.9. The quantitative estimate of drug-likeness (QED) is 0.462. The van der Waals surface area contributed by atoms with Crippen LogP contribution in [0.5, 0.6) is 5.75 Å². The molecule has 0 atom stereocenters. The molecule has 0 bridgehead atoms. The summed E-state index contributed by atoms with van der Waals surface area (Å²) in [5.41, 5.74) is 1.74. The summed E-state index contributed by atoms with van der Waals surface area (Å²) in [6.07, 6.45) is 0.997. The summed E-state index contributed by atoms with van der Waals surface area (Å²) in [6.45, 7) is 5.16. The van der Waals surface area contributed by atoms with Gasteiger partial charge >= 0.3 is 0 Å². The van der Waals surface area contributed by atoms with Crippen LogP contribution in [0.25, 0.3) is 0 Å². The average molecular weight is 406 g/mol. The molecule has 2 aromatic carbocycles. The zero-order chi connectivity index (χ0) is 19.2. The number of rotatable bonds is 8. The number of benzene rings is 2. The number of nitrogens with zero attached hydrogens (tertiary/aromatic N) is 3. The fourth-order valence-electron chi connectivity index (χ4n) is 2.63. The molecule has 0 radical (unpaired) electrons. The number of hydrogen-bond donors (Lipinski definition) is 0. The maximum absolute atomic E-state index is 13.9. The van der Waals surface area contributed by atoms with Crippen LogP contribution in [-0.4, -0.2) is 14.8 Å². The summed E-state index contributed by atoms with van der Waals surface area (Å²) in [5.74, 6) is 1.62. The van der Waals surface area contributed by atoms with Crippen LogP contribution in [0.2, 0.25) is 5.02 Å². The molecule has 0 amide bonds. The van der Waals surface area contributed by atoms with Crippen LogP contribution in [0.3, 0.4) is 0 Å². The van der Waals surface area contributed by atoms with Gasteiger partial charge in [0.05, 0.1) is 0 Å². The summed E-state index contributed by atoms with van der Waals surface area (Å²) in [7, 11) is 0. The normalized spacial score (nSPS) is 11.0. The first-order chi connectivity index (χ1) is 13.1. The summed E-state index contributed by atoms with van der Waals surface area (Å²) in [4.78, 5) is 0. The highest BCUT2D eigenvalue weighted by atomic mass is 35.5. The Morgan fingerprint density at radius 2 is 1.89 bits per heavy atom. The van der Waals surface area contributed by atoms with E-state index in [1.807, 2.05) is 23.6 Å². The van der Waals surface area contributed by atoms with Gasteiger partial charge in [-0.25, -0.2) is 4.39 Å². The van der Waals surface area contributed by atoms with Gasteiger partial charge in [-0.1, -0.05) is 48.5 Å². The molecule has 0 saturated carbocycles. The molecular formula is C20H21ClFN3OS. The van der Waals surface area contributed by atoms with E-state index in [2.05, 4.69) is 29.3 Å². The summed E-state index contributed by atoms with van der Waals surface area (Å²) in [6, 6.07) is 12.7. The van der Waals surface area contributed by atoms with Crippen molar-refractivity contribution in [1.82, 2.24) is 14.8 Å². The van der Waals surface area contributed by atoms with Gasteiger partial charge in [-0.3, -0.25) is 0 Å². The molecule has 0 spiro atoms. The Balaban J connectivity index is 1.67. The molecular weight excluding hydrogens is 385 g/mol. The molecule has 0 aliphatic heterocycles. The van der Waals surface area contributed by atoms with Crippen LogP contribution < -0.4 is 4.74 Å². The van der Waals surface area contributed by atoms with Gasteiger partial charge in [0.2, 0.25) is 0 Å². The SMILES string of the molecule is CCc1ccc(OCc2nnc(SCc3c(F)cccc3Cl)n2CC)cc1. The number of ether oxygens (including phenoxy) is 1. The van der Waals surface area contributed by atoms with E-state index in [1.54, 1.807) is 12.1 Å². The number of hydrogen-bond acceptors (Lipinski definition) is 4. The zero-order valence-corrected chi connectivity index (χ0v) is 16.9. The van der Waals surface area contributed by atoms with Crippen molar-refractivity contribution in [3.8, 4) is 5.75 Å². The van der Waals surface area contributed by atoms with Crippen molar-refractivity contribution in [2.45, 2.75) is 44.3 Å². The van der Waals surface area contributed by atoms with Crippen LogP contribution in [0.1, 0.15) is 30.8 Å². The maximum Gasteiger partial charge on any atom is 0.191 e. The Morgan fingerprint density at radius 3 is 2.56 bits per heavy atom. The van der Waals surface area contributed by atoms with Gasteiger partial charge < -0.3 is 9.30 Å². The lowest BCUT2D eigenvalue weighted by molar-refractivity contribution is 0.288. The van der Waals surface area contributed by atoms with Crippen molar-refractivity contribution in [2.75, 3.05) is 0 Å². The lowest BCUT2D eigenvalue weighted by Crippen LogP contribution is -2.07. The second-order valence-electron chi connectivity index (χ2n) is 5.92. The number of aromatic nitrogens is 3. The van der Waals surface area contributed by atoms with Crippen LogP contribution in [0, 0.1) is 5.82 Å². The lowest BCUT2D eigenvalue weighted by atomic mass is 10.2. The lowest BCUT2D eigenvalue weighted by Gasteiger charge is -2.10. The molecule has 0 fully saturated rings. The number of thioether (sulfide) groups is 1. The van der Waals surface area contributed by atoms with Crippen molar-refractivity contribution >= 4 is 23.4 Å². The minimum atomic E-state index is -0.309. The van der Waals surface area contributed by atoms with E-state index in [0.29, 0.717) is 29.5 Å². The first-order valence-electron chi connectivity index (χ1n) is 8.81. The fourth-order valence-corrected chi connectivity index (χ4v) is 3.99. The molecule has 1 heterocycles. The minimum absolute atomic E-state index is 0.309. The van der Waals surface area contributed by atoms with Gasteiger partial charge in [0, 0.05) is 22.9 Å². The van der Waals surface area contributed by atoms with Crippen LogP contribution in [0.4, 0.5) is 4.39 Å². The highest BCUT2D eigenvalue weighted by molar-refractivity contribution is 7.98. The highest BCUT2D eigenvalue weighted by Crippen LogP contribution is 2.28. The van der Waals surface area contributed by atoms with Gasteiger partial charge in [0.15, 0.2) is 11.0 Å². The molecule has 3 rings (SSSR count). The zero-order valence-electron chi connectivity index (χ0n) is 15.3. The molecule has 0 aliphatic carbocycles. The van der Waals surface area contributed by atoms with E-state index in [1.165, 1.54) is 23.4 Å². The number of aryl methyl sites for hydroxylation is 1. The monoisotopic (exact) mass is 405 g/mol. The summed E-state index contributed by atoms with van der Waals surface area (Å²) < 4.78 is 21.7. The Bertz CT molecular complexity index is 878. The van der Waals surface area contributed by atoms with Crippen LogP contribution in [0.15, 0.2) is 47.6 Å². The third kappa shape index (κ3) is 4.82. The van der Waals surface area contributed by atoms with E-state index < -0.39 is 0 Å². The smallest absolute Gasteiger partial charge is 0.191 e. The molecule has 1 aromatic heterocycles. The molecule has 7 heteroatoms. The molecule has 0 unspecified atom stereocenters. The van der Waals surface area contributed by atoms with Gasteiger partial charge in [-0.05, 0) is 43.2 Å². The van der Waals surface area contributed by atoms with Crippen LogP contribution in [-0.2, 0) is 25.3 Å². The van der Waals surface area contributed by atoms with E-state index in [0.717, 1.165) is 23.2 Å². The predicted molar refractivity (Wildman–Crippen MR) is 107 cm³/mol.